The normalized spacial score (nSPS) is 18.5. The largest absolute Gasteiger partial charge is 0.494 e. The van der Waals surface area contributed by atoms with Crippen LogP contribution in [0.4, 0.5) is 0 Å². The fraction of sp³-hybridized carbons (Fsp3) is 0.448. The van der Waals surface area contributed by atoms with Gasteiger partial charge in [-0.2, -0.15) is 0 Å². The second-order valence-corrected chi connectivity index (χ2v) is 12.0. The van der Waals surface area contributed by atoms with Crippen LogP contribution in [0.5, 0.6) is 5.75 Å². The van der Waals surface area contributed by atoms with Gasteiger partial charge in [-0.3, -0.25) is 0 Å². The van der Waals surface area contributed by atoms with Crippen LogP contribution in [0.2, 0.25) is 0 Å². The van der Waals surface area contributed by atoms with Crippen LogP contribution in [0.1, 0.15) is 61.0 Å². The highest BCUT2D eigenvalue weighted by atomic mass is 16.7. The number of hydrogen-bond donors (Lipinski definition) is 1. The molecule has 2 heterocycles. The molecule has 0 aliphatic carbocycles. The van der Waals surface area contributed by atoms with Gasteiger partial charge in [-0.05, 0) is 77.4 Å². The van der Waals surface area contributed by atoms with Crippen molar-refractivity contribution < 1.29 is 23.8 Å². The third-order valence-electron chi connectivity index (χ3n) is 8.27. The van der Waals surface area contributed by atoms with Crippen molar-refractivity contribution in [2.45, 2.75) is 84.4 Å². The van der Waals surface area contributed by atoms with Crippen LogP contribution in [-0.4, -0.2) is 42.1 Å². The molecule has 2 aliphatic heterocycles. The van der Waals surface area contributed by atoms with Crippen molar-refractivity contribution in [3.63, 3.8) is 0 Å². The van der Waals surface area contributed by atoms with E-state index in [9.17, 15) is 5.11 Å². The summed E-state index contributed by atoms with van der Waals surface area (Å²) in [6.07, 6.45) is 0. The van der Waals surface area contributed by atoms with Crippen molar-refractivity contribution in [2.75, 3.05) is 0 Å². The molecule has 3 aromatic carbocycles. The molecule has 5 nitrogen and oxygen atoms in total. The minimum atomic E-state index is -0.969. The van der Waals surface area contributed by atoms with Crippen LogP contribution >= 0.6 is 0 Å². The predicted octanol–water partition coefficient (Wildman–Crippen LogP) is 4.51. The van der Waals surface area contributed by atoms with Crippen LogP contribution in [0.3, 0.4) is 0 Å². The van der Waals surface area contributed by atoms with Crippen LogP contribution in [-0.2, 0) is 20.6 Å². The van der Waals surface area contributed by atoms with Gasteiger partial charge in [0.25, 0.3) is 0 Å². The molecule has 1 radical (unpaired) electrons. The van der Waals surface area contributed by atoms with Gasteiger partial charge in [-0.15, -0.1) is 0 Å². The van der Waals surface area contributed by atoms with Crippen molar-refractivity contribution in [2.24, 2.45) is 0 Å². The summed E-state index contributed by atoms with van der Waals surface area (Å²) in [5, 5.41) is 12.5. The molecule has 0 bridgehead atoms. The van der Waals surface area contributed by atoms with E-state index in [1.807, 2.05) is 19.9 Å². The maximum Gasteiger partial charge on any atom is 0.494 e. The smallest absolute Gasteiger partial charge is 0.488 e. The summed E-state index contributed by atoms with van der Waals surface area (Å²) in [6.45, 7) is 16.0. The van der Waals surface area contributed by atoms with Gasteiger partial charge < -0.3 is 23.8 Å². The third kappa shape index (κ3) is 4.26. The van der Waals surface area contributed by atoms with E-state index < -0.39 is 18.3 Å². The lowest BCUT2D eigenvalue weighted by atomic mass is 9.77. The Hall–Kier alpha value is -2.31. The van der Waals surface area contributed by atoms with Gasteiger partial charge >= 0.3 is 14.6 Å². The van der Waals surface area contributed by atoms with E-state index in [1.54, 1.807) is 21.3 Å². The molecular weight excluding hydrogens is 450 g/mol. The van der Waals surface area contributed by atoms with E-state index in [4.69, 9.17) is 18.7 Å². The Morgan fingerprint density at radius 1 is 0.889 bits per heavy atom. The topological polar surface area (TPSA) is 57.2 Å². The number of hydrogen-bond acceptors (Lipinski definition) is 5. The van der Waals surface area contributed by atoms with Gasteiger partial charge in [0.2, 0.25) is 0 Å². The summed E-state index contributed by atoms with van der Waals surface area (Å²) in [6, 6.07) is 16.8. The summed E-state index contributed by atoms with van der Waals surface area (Å²) in [7, 11) is 1.32. The van der Waals surface area contributed by atoms with Gasteiger partial charge in [-0.1, -0.05) is 54.0 Å². The molecule has 0 atom stereocenters. The lowest BCUT2D eigenvalue weighted by Crippen LogP contribution is -2.49. The fourth-order valence-electron chi connectivity index (χ4n) is 4.39. The quantitative estimate of drug-likeness (QED) is 0.540. The third-order valence-corrected chi connectivity index (χ3v) is 8.27. The molecule has 1 saturated heterocycles. The van der Waals surface area contributed by atoms with Crippen molar-refractivity contribution in [3.05, 3.63) is 54.1 Å². The number of aliphatic hydroxyl groups is 1. The van der Waals surface area contributed by atoms with Gasteiger partial charge in [0.05, 0.1) is 22.4 Å². The zero-order chi connectivity index (χ0) is 26.1. The van der Waals surface area contributed by atoms with Crippen LogP contribution in [0, 0.1) is 0 Å². The first-order valence-corrected chi connectivity index (χ1v) is 12.6. The molecule has 36 heavy (non-hydrogen) atoms. The Kier molecular flexibility index (Phi) is 5.88. The number of fused-ring (bicyclic) bond motifs is 5. The predicted molar refractivity (Wildman–Crippen MR) is 146 cm³/mol. The summed E-state index contributed by atoms with van der Waals surface area (Å²) in [5.41, 5.74) is 2.89. The van der Waals surface area contributed by atoms with E-state index >= 15 is 0 Å². The first-order chi connectivity index (χ1) is 16.7. The second kappa shape index (κ2) is 8.35. The molecule has 1 fully saturated rings. The van der Waals surface area contributed by atoms with E-state index in [0.29, 0.717) is 6.61 Å². The van der Waals surface area contributed by atoms with E-state index in [1.165, 1.54) is 5.56 Å². The van der Waals surface area contributed by atoms with Gasteiger partial charge in [0.15, 0.2) is 0 Å². The number of rotatable bonds is 5. The second-order valence-electron chi connectivity index (χ2n) is 12.0. The Bertz CT molecular complexity index is 1310. The Morgan fingerprint density at radius 3 is 2.22 bits per heavy atom. The maximum atomic E-state index is 10.4. The zero-order valence-electron chi connectivity index (χ0n) is 22.6. The Balaban J connectivity index is 1.41. The van der Waals surface area contributed by atoms with Crippen molar-refractivity contribution in [1.29, 1.82) is 0 Å². The minimum Gasteiger partial charge on any atom is -0.488 e. The Morgan fingerprint density at radius 2 is 1.56 bits per heavy atom. The first kappa shape index (κ1) is 25.3. The highest BCUT2D eigenvalue weighted by Crippen LogP contribution is 2.42. The molecule has 0 aromatic heterocycles. The van der Waals surface area contributed by atoms with Crippen LogP contribution < -0.4 is 15.7 Å². The molecule has 0 saturated carbocycles. The monoisotopic (exact) mass is 485 g/mol. The lowest BCUT2D eigenvalue weighted by molar-refractivity contribution is -0.0893. The molecule has 0 unspecified atom stereocenters. The highest BCUT2D eigenvalue weighted by Gasteiger charge is 2.51. The van der Waals surface area contributed by atoms with Gasteiger partial charge in [0, 0.05) is 10.9 Å². The summed E-state index contributed by atoms with van der Waals surface area (Å²) in [4.78, 5) is 0. The van der Waals surface area contributed by atoms with E-state index in [0.717, 1.165) is 38.6 Å². The standard InChI is InChI=1S/C29H35B2O5/c1-26(2,32)27(3,4)34-30-20-10-13-23-18(15-20)9-12-24-22-14-11-21(16-19(22)17-33-25(23)24)31-35-28(5,6)29(7,8)36-31/h9-16,32H,17H2,1-8H3. The van der Waals surface area contributed by atoms with Gasteiger partial charge in [-0.25, -0.2) is 0 Å². The van der Waals surface area contributed by atoms with E-state index in [2.05, 4.69) is 70.2 Å². The van der Waals surface area contributed by atoms with E-state index in [-0.39, 0.29) is 11.2 Å². The molecule has 2 aliphatic rings. The molecule has 187 valence electrons. The summed E-state index contributed by atoms with van der Waals surface area (Å²) >= 11 is 0. The summed E-state index contributed by atoms with van der Waals surface area (Å²) in [5.74, 6) is 0.896. The zero-order valence-corrected chi connectivity index (χ0v) is 22.6. The Labute approximate surface area is 215 Å². The average Bonchev–Trinajstić information content (AvgIpc) is 3.02. The van der Waals surface area contributed by atoms with Gasteiger partial charge in [0.1, 0.15) is 12.4 Å². The molecule has 7 heteroatoms. The number of benzene rings is 3. The SMILES string of the molecule is CC(C)(O)C(C)(C)O[B]c1ccc2c3c(ccc2c1)-c1ccc(B2OC(C)(C)C(C)(C)O2)cc1CO3. The molecule has 1 N–H and O–H groups in total. The highest BCUT2D eigenvalue weighted by molar-refractivity contribution is 6.62. The van der Waals surface area contributed by atoms with Crippen molar-refractivity contribution in [1.82, 2.24) is 0 Å². The first-order valence-electron chi connectivity index (χ1n) is 12.6. The van der Waals surface area contributed by atoms with Crippen LogP contribution in [0.15, 0.2) is 48.5 Å². The van der Waals surface area contributed by atoms with Crippen LogP contribution in [0.25, 0.3) is 21.9 Å². The average molecular weight is 485 g/mol. The molecular formula is C29H35B2O5. The fourth-order valence-corrected chi connectivity index (χ4v) is 4.39. The minimum absolute atomic E-state index is 0.374. The molecule has 3 aromatic rings. The van der Waals surface area contributed by atoms with Crippen molar-refractivity contribution >= 4 is 36.3 Å². The maximum absolute atomic E-state index is 10.4. The molecule has 0 amide bonds. The molecule has 0 spiro atoms. The molecule has 5 rings (SSSR count). The number of ether oxygens (including phenoxy) is 1. The summed E-state index contributed by atoms with van der Waals surface area (Å²) < 4.78 is 24.7. The lowest BCUT2D eigenvalue weighted by Gasteiger charge is -2.37. The van der Waals surface area contributed by atoms with Crippen molar-refractivity contribution in [3.8, 4) is 16.9 Å².